The van der Waals surface area contributed by atoms with Crippen LogP contribution in [0.4, 0.5) is 5.69 Å². The molecule has 2 aromatic carbocycles. The second kappa shape index (κ2) is 7.87. The Balaban J connectivity index is 1.69. The maximum absolute atomic E-state index is 12.9. The third-order valence-electron chi connectivity index (χ3n) is 5.10. The van der Waals surface area contributed by atoms with Crippen molar-refractivity contribution in [2.45, 2.75) is 6.92 Å². The van der Waals surface area contributed by atoms with E-state index in [0.717, 1.165) is 28.0 Å². The molecule has 0 unspecified atom stereocenters. The molecule has 30 heavy (non-hydrogen) atoms. The predicted molar refractivity (Wildman–Crippen MR) is 121 cm³/mol. The van der Waals surface area contributed by atoms with Gasteiger partial charge in [0.15, 0.2) is 5.17 Å². The lowest BCUT2D eigenvalue weighted by Crippen LogP contribution is -2.28. The normalized spacial score (nSPS) is 16.9. The Labute approximate surface area is 178 Å². The quantitative estimate of drug-likeness (QED) is 0.604. The summed E-state index contributed by atoms with van der Waals surface area (Å²) in [5.41, 5.74) is 3.22. The molecule has 1 amide bonds. The van der Waals surface area contributed by atoms with Gasteiger partial charge in [0, 0.05) is 20.6 Å². The van der Waals surface area contributed by atoms with Crippen molar-refractivity contribution in [1.82, 2.24) is 14.0 Å². The first-order valence-electron chi connectivity index (χ1n) is 9.52. The number of ether oxygens (including phenoxy) is 1. The number of carbonyl (C=O) groups is 1. The third-order valence-corrected chi connectivity index (χ3v) is 6.10. The number of imidazole rings is 1. The Bertz CT molecular complexity index is 1250. The van der Waals surface area contributed by atoms with Crippen molar-refractivity contribution in [2.75, 3.05) is 13.7 Å². The average molecular weight is 423 g/mol. The van der Waals surface area contributed by atoms with E-state index in [1.807, 2.05) is 55.5 Å². The summed E-state index contributed by atoms with van der Waals surface area (Å²) in [6, 6.07) is 13.1. The number of aliphatic imine (C=N–C) groups is 1. The van der Waals surface area contributed by atoms with E-state index in [1.165, 1.54) is 11.8 Å². The highest BCUT2D eigenvalue weighted by Gasteiger charge is 2.32. The monoisotopic (exact) mass is 422 g/mol. The summed E-state index contributed by atoms with van der Waals surface area (Å²) in [5.74, 6) is 0.685. The highest BCUT2D eigenvalue weighted by Crippen LogP contribution is 2.34. The molecular weight excluding hydrogens is 400 g/mol. The SMILES string of the molecule is CCN1C(=O)/C(=C\c2ccc3c(c2)n(C)c(=O)n3C)SC1=Nc1ccc(OC)cc1. The fourth-order valence-corrected chi connectivity index (χ4v) is 4.46. The van der Waals surface area contributed by atoms with Gasteiger partial charge in [-0.2, -0.15) is 0 Å². The molecule has 3 aromatic rings. The summed E-state index contributed by atoms with van der Waals surface area (Å²) < 4.78 is 8.40. The molecule has 1 aliphatic heterocycles. The maximum atomic E-state index is 12.9. The second-order valence-electron chi connectivity index (χ2n) is 6.90. The number of amidine groups is 1. The zero-order chi connectivity index (χ0) is 21.4. The number of carbonyl (C=O) groups excluding carboxylic acids is 1. The predicted octanol–water partition coefficient (Wildman–Crippen LogP) is 3.51. The molecule has 0 spiro atoms. The van der Waals surface area contributed by atoms with Crippen molar-refractivity contribution >= 4 is 45.6 Å². The van der Waals surface area contributed by atoms with Crippen LogP contribution in [-0.2, 0) is 18.9 Å². The number of thioether (sulfide) groups is 1. The van der Waals surface area contributed by atoms with Crippen molar-refractivity contribution < 1.29 is 9.53 Å². The van der Waals surface area contributed by atoms with Crippen molar-refractivity contribution in [3.8, 4) is 5.75 Å². The molecule has 0 N–H and O–H groups in total. The fourth-order valence-electron chi connectivity index (χ4n) is 3.40. The van der Waals surface area contributed by atoms with E-state index in [9.17, 15) is 9.59 Å². The van der Waals surface area contributed by atoms with Gasteiger partial charge in [0.05, 0.1) is 28.7 Å². The maximum Gasteiger partial charge on any atom is 0.328 e. The number of aryl methyl sites for hydroxylation is 2. The van der Waals surface area contributed by atoms with Crippen molar-refractivity contribution in [2.24, 2.45) is 19.1 Å². The molecule has 7 nitrogen and oxygen atoms in total. The van der Waals surface area contributed by atoms with Gasteiger partial charge in [-0.15, -0.1) is 0 Å². The molecule has 0 saturated carbocycles. The molecular formula is C22H22N4O3S. The number of amides is 1. The lowest BCUT2D eigenvalue weighted by atomic mass is 10.2. The Kier molecular flexibility index (Phi) is 5.26. The number of benzene rings is 2. The first-order chi connectivity index (χ1) is 14.4. The van der Waals surface area contributed by atoms with Crippen LogP contribution < -0.4 is 10.4 Å². The summed E-state index contributed by atoms with van der Waals surface area (Å²) in [6.45, 7) is 2.46. The summed E-state index contributed by atoms with van der Waals surface area (Å²) in [4.78, 5) is 32.0. The van der Waals surface area contributed by atoms with E-state index >= 15 is 0 Å². The summed E-state index contributed by atoms with van der Waals surface area (Å²) in [7, 11) is 5.11. The largest absolute Gasteiger partial charge is 0.497 e. The topological polar surface area (TPSA) is 68.8 Å². The van der Waals surface area contributed by atoms with Gasteiger partial charge in [-0.05, 0) is 66.7 Å². The minimum absolute atomic E-state index is 0.0724. The molecule has 2 heterocycles. The van der Waals surface area contributed by atoms with Gasteiger partial charge in [-0.25, -0.2) is 9.79 Å². The van der Waals surface area contributed by atoms with Gasteiger partial charge in [0.25, 0.3) is 5.91 Å². The number of hydrogen-bond acceptors (Lipinski definition) is 5. The van der Waals surface area contributed by atoms with Crippen LogP contribution in [-0.4, -0.2) is 38.8 Å². The Morgan fingerprint density at radius 2 is 1.73 bits per heavy atom. The van der Waals surface area contributed by atoms with Gasteiger partial charge in [0.1, 0.15) is 5.75 Å². The Hall–Kier alpha value is -3.26. The molecule has 1 aliphatic rings. The number of hydrogen-bond donors (Lipinski definition) is 0. The molecule has 0 bridgehead atoms. The first-order valence-corrected chi connectivity index (χ1v) is 10.3. The van der Waals surface area contributed by atoms with Crippen LogP contribution in [0.3, 0.4) is 0 Å². The lowest BCUT2D eigenvalue weighted by Gasteiger charge is -2.12. The molecule has 1 aromatic heterocycles. The second-order valence-corrected chi connectivity index (χ2v) is 7.91. The third kappa shape index (κ3) is 3.43. The van der Waals surface area contributed by atoms with Crippen molar-refractivity contribution in [3.63, 3.8) is 0 Å². The van der Waals surface area contributed by atoms with E-state index in [1.54, 1.807) is 35.2 Å². The van der Waals surface area contributed by atoms with E-state index in [4.69, 9.17) is 4.74 Å². The first kappa shape index (κ1) is 20.0. The van der Waals surface area contributed by atoms with E-state index < -0.39 is 0 Å². The van der Waals surface area contributed by atoms with Crippen molar-refractivity contribution in [3.05, 3.63) is 63.4 Å². The Morgan fingerprint density at radius 1 is 1.03 bits per heavy atom. The molecule has 8 heteroatoms. The van der Waals surface area contributed by atoms with Gasteiger partial charge in [-0.1, -0.05) is 6.07 Å². The van der Waals surface area contributed by atoms with Gasteiger partial charge in [-0.3, -0.25) is 18.8 Å². The van der Waals surface area contributed by atoms with E-state index in [2.05, 4.69) is 4.99 Å². The summed E-state index contributed by atoms with van der Waals surface area (Å²) in [5, 5.41) is 0.645. The van der Waals surface area contributed by atoms with Gasteiger partial charge < -0.3 is 4.74 Å². The van der Waals surface area contributed by atoms with Crippen LogP contribution >= 0.6 is 11.8 Å². The number of aromatic nitrogens is 2. The zero-order valence-electron chi connectivity index (χ0n) is 17.2. The molecule has 154 valence electrons. The van der Waals surface area contributed by atoms with Gasteiger partial charge in [0.2, 0.25) is 0 Å². The minimum atomic E-state index is -0.0767. The fraction of sp³-hybridized carbons (Fsp3) is 0.227. The Morgan fingerprint density at radius 3 is 2.40 bits per heavy atom. The van der Waals surface area contributed by atoms with Crippen LogP contribution in [0.5, 0.6) is 5.75 Å². The average Bonchev–Trinajstić information content (AvgIpc) is 3.16. The van der Waals surface area contributed by atoms with E-state index in [0.29, 0.717) is 16.6 Å². The molecule has 1 saturated heterocycles. The number of likely N-dealkylation sites (N-methyl/N-ethyl adjacent to an activating group) is 1. The molecule has 0 radical (unpaired) electrons. The van der Waals surface area contributed by atoms with Crippen LogP contribution in [0.1, 0.15) is 12.5 Å². The highest BCUT2D eigenvalue weighted by atomic mass is 32.2. The molecule has 0 aliphatic carbocycles. The summed E-state index contributed by atoms with van der Waals surface area (Å²) >= 11 is 1.35. The number of fused-ring (bicyclic) bond motifs is 1. The number of nitrogens with zero attached hydrogens (tertiary/aromatic N) is 4. The van der Waals surface area contributed by atoms with Crippen LogP contribution in [0.25, 0.3) is 17.1 Å². The number of methoxy groups -OCH3 is 1. The van der Waals surface area contributed by atoms with Crippen molar-refractivity contribution in [1.29, 1.82) is 0 Å². The van der Waals surface area contributed by atoms with Crippen LogP contribution in [0.15, 0.2) is 57.2 Å². The molecule has 0 atom stereocenters. The van der Waals surface area contributed by atoms with Gasteiger partial charge >= 0.3 is 5.69 Å². The highest BCUT2D eigenvalue weighted by molar-refractivity contribution is 8.18. The van der Waals surface area contributed by atoms with Crippen LogP contribution in [0.2, 0.25) is 0 Å². The van der Waals surface area contributed by atoms with Crippen LogP contribution in [0, 0.1) is 0 Å². The summed E-state index contributed by atoms with van der Waals surface area (Å²) in [6.07, 6.45) is 1.85. The van der Waals surface area contributed by atoms with E-state index in [-0.39, 0.29) is 11.6 Å². The zero-order valence-corrected chi connectivity index (χ0v) is 18.1. The number of rotatable bonds is 4. The lowest BCUT2D eigenvalue weighted by molar-refractivity contribution is -0.122. The smallest absolute Gasteiger partial charge is 0.328 e. The minimum Gasteiger partial charge on any atom is -0.497 e. The molecule has 4 rings (SSSR count). The standard InChI is InChI=1S/C22H22N4O3S/c1-5-26-20(27)19(30-21(26)23-15-7-9-16(29-4)10-8-15)13-14-6-11-17-18(12-14)25(3)22(28)24(17)2/h6-13H,5H2,1-4H3/b19-13+,23-21?. The molecule has 1 fully saturated rings.